The molecule has 2 aliphatic heterocycles. The molecule has 1 aromatic carbocycles. The second-order valence-electron chi connectivity index (χ2n) is 5.95. The van der Waals surface area contributed by atoms with Gasteiger partial charge in [0.15, 0.2) is 0 Å². The van der Waals surface area contributed by atoms with E-state index in [1.54, 1.807) is 13.0 Å². The fraction of sp³-hybridized carbons (Fsp3) is 0.600. The van der Waals surface area contributed by atoms with Gasteiger partial charge in [-0.2, -0.15) is 0 Å². The summed E-state index contributed by atoms with van der Waals surface area (Å²) in [6.45, 7) is 1.75. The van der Waals surface area contributed by atoms with E-state index >= 15 is 0 Å². The van der Waals surface area contributed by atoms with E-state index in [4.69, 9.17) is 0 Å². The van der Waals surface area contributed by atoms with E-state index in [2.05, 4.69) is 11.9 Å². The van der Waals surface area contributed by atoms with Gasteiger partial charge >= 0.3 is 0 Å². The molecule has 2 bridgehead atoms. The van der Waals surface area contributed by atoms with Crippen LogP contribution in [0.25, 0.3) is 0 Å². The van der Waals surface area contributed by atoms with Crippen LogP contribution >= 0.6 is 0 Å². The van der Waals surface area contributed by atoms with E-state index in [-0.39, 0.29) is 5.82 Å². The molecule has 0 radical (unpaired) electrons. The number of nitrogens with zero attached hydrogens (tertiary/aromatic N) is 1. The zero-order valence-corrected chi connectivity index (χ0v) is 11.0. The van der Waals surface area contributed by atoms with Crippen molar-refractivity contribution in [1.82, 2.24) is 4.90 Å². The van der Waals surface area contributed by atoms with Crippen molar-refractivity contribution in [2.75, 3.05) is 7.05 Å². The van der Waals surface area contributed by atoms with Crippen molar-refractivity contribution in [3.8, 4) is 0 Å². The van der Waals surface area contributed by atoms with Gasteiger partial charge in [-0.05, 0) is 56.8 Å². The predicted octanol–water partition coefficient (Wildman–Crippen LogP) is 2.58. The first-order chi connectivity index (χ1) is 8.49. The van der Waals surface area contributed by atoms with Crippen LogP contribution in [-0.4, -0.2) is 29.1 Å². The lowest BCUT2D eigenvalue weighted by molar-refractivity contribution is -0.0495. The molecule has 2 nitrogen and oxygen atoms in total. The molecule has 3 heteroatoms. The molecular formula is C15H20FNO. The Kier molecular flexibility index (Phi) is 2.72. The van der Waals surface area contributed by atoms with Crippen LogP contribution in [0.15, 0.2) is 18.2 Å². The van der Waals surface area contributed by atoms with Crippen molar-refractivity contribution < 1.29 is 9.50 Å². The Morgan fingerprint density at radius 3 is 2.44 bits per heavy atom. The minimum absolute atomic E-state index is 0.216. The van der Waals surface area contributed by atoms with E-state index in [1.807, 2.05) is 6.07 Å². The lowest BCUT2D eigenvalue weighted by Gasteiger charge is -2.42. The van der Waals surface area contributed by atoms with Crippen LogP contribution in [0.4, 0.5) is 4.39 Å². The van der Waals surface area contributed by atoms with Crippen LogP contribution in [0, 0.1) is 12.7 Å². The summed E-state index contributed by atoms with van der Waals surface area (Å²) in [6.07, 6.45) is 3.75. The summed E-state index contributed by atoms with van der Waals surface area (Å²) in [7, 11) is 2.14. The highest BCUT2D eigenvalue weighted by atomic mass is 19.1. The number of aryl methyl sites for hydroxylation is 1. The predicted molar refractivity (Wildman–Crippen MR) is 68.8 cm³/mol. The van der Waals surface area contributed by atoms with Gasteiger partial charge in [0.05, 0.1) is 5.60 Å². The smallest absolute Gasteiger partial charge is 0.126 e. The molecule has 98 valence electrons. The number of aliphatic hydroxyl groups is 1. The van der Waals surface area contributed by atoms with E-state index < -0.39 is 5.60 Å². The van der Waals surface area contributed by atoms with E-state index in [1.165, 1.54) is 6.07 Å². The third kappa shape index (κ3) is 1.77. The van der Waals surface area contributed by atoms with Gasteiger partial charge in [0.2, 0.25) is 0 Å². The number of piperidine rings is 1. The third-order valence-corrected chi connectivity index (χ3v) is 4.84. The fourth-order valence-electron chi connectivity index (χ4n) is 3.56. The molecule has 0 saturated carbocycles. The summed E-state index contributed by atoms with van der Waals surface area (Å²) in [6, 6.07) is 6.04. The maximum Gasteiger partial charge on any atom is 0.126 e. The van der Waals surface area contributed by atoms with Crippen LogP contribution in [0.3, 0.4) is 0 Å². The van der Waals surface area contributed by atoms with Crippen molar-refractivity contribution in [3.05, 3.63) is 35.1 Å². The molecule has 2 heterocycles. The molecule has 18 heavy (non-hydrogen) atoms. The first kappa shape index (κ1) is 12.1. The average Bonchev–Trinajstić information content (AvgIpc) is 2.57. The lowest BCUT2D eigenvalue weighted by Crippen LogP contribution is -2.47. The summed E-state index contributed by atoms with van der Waals surface area (Å²) in [4.78, 5) is 2.37. The minimum atomic E-state index is -0.840. The number of benzene rings is 1. The third-order valence-electron chi connectivity index (χ3n) is 4.84. The monoisotopic (exact) mass is 249 g/mol. The Hall–Kier alpha value is -0.930. The van der Waals surface area contributed by atoms with Crippen LogP contribution in [0.5, 0.6) is 0 Å². The van der Waals surface area contributed by atoms with E-state index in [0.717, 1.165) is 31.2 Å². The van der Waals surface area contributed by atoms with Gasteiger partial charge in [-0.15, -0.1) is 0 Å². The normalized spacial score (nSPS) is 36.0. The molecular weight excluding hydrogens is 229 g/mol. The molecule has 2 unspecified atom stereocenters. The van der Waals surface area contributed by atoms with Gasteiger partial charge < -0.3 is 10.0 Å². The zero-order chi connectivity index (χ0) is 12.9. The second-order valence-corrected chi connectivity index (χ2v) is 5.95. The standard InChI is InChI=1S/C15H20FNO/c1-10-3-4-11(7-14(10)16)15(18)8-12-5-6-13(9-15)17(12)2/h3-4,7,12-13,18H,5-6,8-9H2,1-2H3. The quantitative estimate of drug-likeness (QED) is 0.827. The maximum absolute atomic E-state index is 13.7. The molecule has 0 aromatic heterocycles. The first-order valence-electron chi connectivity index (χ1n) is 6.70. The van der Waals surface area contributed by atoms with Crippen molar-refractivity contribution in [3.63, 3.8) is 0 Å². The van der Waals surface area contributed by atoms with Gasteiger partial charge in [0, 0.05) is 12.1 Å². The van der Waals surface area contributed by atoms with Gasteiger partial charge in [-0.25, -0.2) is 4.39 Å². The Bertz CT molecular complexity index is 460. The Morgan fingerprint density at radius 1 is 1.28 bits per heavy atom. The van der Waals surface area contributed by atoms with Crippen LogP contribution in [-0.2, 0) is 5.60 Å². The Labute approximate surface area is 107 Å². The molecule has 2 atom stereocenters. The maximum atomic E-state index is 13.7. The van der Waals surface area contributed by atoms with Crippen LogP contribution in [0.2, 0.25) is 0 Å². The second kappa shape index (κ2) is 4.04. The molecule has 1 N–H and O–H groups in total. The molecule has 0 aliphatic carbocycles. The summed E-state index contributed by atoms with van der Waals surface area (Å²) < 4.78 is 13.7. The van der Waals surface area contributed by atoms with Crippen molar-refractivity contribution >= 4 is 0 Å². The van der Waals surface area contributed by atoms with Crippen molar-refractivity contribution in [2.24, 2.45) is 0 Å². The zero-order valence-electron chi connectivity index (χ0n) is 11.0. The highest BCUT2D eigenvalue weighted by molar-refractivity contribution is 5.29. The van der Waals surface area contributed by atoms with Crippen molar-refractivity contribution in [2.45, 2.75) is 50.3 Å². The SMILES string of the molecule is Cc1ccc(C2(O)CC3CCC(C2)N3C)cc1F. The number of hydrogen-bond acceptors (Lipinski definition) is 2. The van der Waals surface area contributed by atoms with E-state index in [0.29, 0.717) is 17.6 Å². The van der Waals surface area contributed by atoms with Crippen LogP contribution in [0.1, 0.15) is 36.8 Å². The summed E-state index contributed by atoms with van der Waals surface area (Å²) in [5.74, 6) is -0.216. The van der Waals surface area contributed by atoms with Gasteiger partial charge in [0.1, 0.15) is 5.82 Å². The average molecular weight is 249 g/mol. The summed E-state index contributed by atoms with van der Waals surface area (Å²) in [5.41, 5.74) is 0.543. The summed E-state index contributed by atoms with van der Waals surface area (Å²) in [5, 5.41) is 10.9. The largest absolute Gasteiger partial charge is 0.385 e. The highest BCUT2D eigenvalue weighted by Gasteiger charge is 2.46. The molecule has 3 rings (SSSR count). The number of hydrogen-bond donors (Lipinski definition) is 1. The van der Waals surface area contributed by atoms with Gasteiger partial charge in [0.25, 0.3) is 0 Å². The lowest BCUT2D eigenvalue weighted by atomic mass is 9.80. The number of halogens is 1. The number of rotatable bonds is 1. The number of fused-ring (bicyclic) bond motifs is 2. The molecule has 2 aliphatic rings. The molecule has 0 spiro atoms. The first-order valence-corrected chi connectivity index (χ1v) is 6.70. The van der Waals surface area contributed by atoms with Gasteiger partial charge in [-0.3, -0.25) is 0 Å². The van der Waals surface area contributed by atoms with E-state index in [9.17, 15) is 9.50 Å². The van der Waals surface area contributed by atoms with Gasteiger partial charge in [-0.1, -0.05) is 12.1 Å². The Morgan fingerprint density at radius 2 is 1.89 bits per heavy atom. The molecule has 1 aromatic rings. The van der Waals surface area contributed by atoms with Crippen LogP contribution < -0.4 is 0 Å². The van der Waals surface area contributed by atoms with Crippen molar-refractivity contribution in [1.29, 1.82) is 0 Å². The molecule has 2 saturated heterocycles. The molecule has 2 fully saturated rings. The molecule has 0 amide bonds. The fourth-order valence-corrected chi connectivity index (χ4v) is 3.56. The summed E-state index contributed by atoms with van der Waals surface area (Å²) >= 11 is 0. The minimum Gasteiger partial charge on any atom is -0.385 e. The highest BCUT2D eigenvalue weighted by Crippen LogP contribution is 2.44. The topological polar surface area (TPSA) is 23.5 Å². The Balaban J connectivity index is 1.93.